The molecule has 1 aromatic carbocycles. The summed E-state index contributed by atoms with van der Waals surface area (Å²) in [6, 6.07) is 10.7. The highest BCUT2D eigenvalue weighted by Crippen LogP contribution is 2.43. The van der Waals surface area contributed by atoms with Crippen LogP contribution >= 0.6 is 0 Å². The van der Waals surface area contributed by atoms with Gasteiger partial charge < -0.3 is 10.5 Å². The Morgan fingerprint density at radius 2 is 1.86 bits per heavy atom. The molecule has 1 aliphatic heterocycles. The second kappa shape index (κ2) is 6.93. The summed E-state index contributed by atoms with van der Waals surface area (Å²) in [4.78, 5) is 0. The van der Waals surface area contributed by atoms with Gasteiger partial charge in [0.2, 0.25) is 0 Å². The molecule has 3 rings (SSSR count). The van der Waals surface area contributed by atoms with Crippen molar-refractivity contribution in [3.05, 3.63) is 35.9 Å². The average Bonchev–Trinajstić information content (AvgIpc) is 2.90. The van der Waals surface area contributed by atoms with Crippen molar-refractivity contribution in [1.82, 2.24) is 0 Å². The second-order valence-corrected chi connectivity index (χ2v) is 7.05. The van der Waals surface area contributed by atoms with Crippen LogP contribution in [0.25, 0.3) is 0 Å². The fourth-order valence-corrected chi connectivity index (χ4v) is 4.21. The first kappa shape index (κ1) is 15.1. The minimum atomic E-state index is 0.245. The van der Waals surface area contributed by atoms with E-state index in [1.807, 2.05) is 0 Å². The largest absolute Gasteiger partial charge is 0.372 e. The summed E-state index contributed by atoms with van der Waals surface area (Å²) < 4.78 is 6.50. The molecule has 1 spiro atoms. The molecule has 1 saturated carbocycles. The molecule has 116 valence electrons. The van der Waals surface area contributed by atoms with E-state index < -0.39 is 0 Å². The monoisotopic (exact) mass is 287 g/mol. The third kappa shape index (κ3) is 3.87. The van der Waals surface area contributed by atoms with Crippen LogP contribution in [-0.2, 0) is 11.2 Å². The molecule has 0 bridgehead atoms. The molecule has 21 heavy (non-hydrogen) atoms. The highest BCUT2D eigenvalue weighted by atomic mass is 16.5. The van der Waals surface area contributed by atoms with Crippen molar-refractivity contribution in [2.24, 2.45) is 11.7 Å². The Morgan fingerprint density at radius 1 is 1.10 bits per heavy atom. The van der Waals surface area contributed by atoms with Crippen molar-refractivity contribution >= 4 is 0 Å². The first-order chi connectivity index (χ1) is 10.3. The van der Waals surface area contributed by atoms with Crippen LogP contribution in [0.15, 0.2) is 30.3 Å². The van der Waals surface area contributed by atoms with Crippen molar-refractivity contribution in [1.29, 1.82) is 0 Å². The van der Waals surface area contributed by atoms with Gasteiger partial charge in [-0.2, -0.15) is 0 Å². The lowest BCUT2D eigenvalue weighted by Crippen LogP contribution is -2.32. The van der Waals surface area contributed by atoms with Gasteiger partial charge in [-0.15, -0.1) is 0 Å². The molecule has 2 heteroatoms. The van der Waals surface area contributed by atoms with Gasteiger partial charge in [0.05, 0.1) is 11.7 Å². The van der Waals surface area contributed by atoms with Crippen LogP contribution in [0.5, 0.6) is 0 Å². The zero-order valence-corrected chi connectivity index (χ0v) is 13.1. The summed E-state index contributed by atoms with van der Waals surface area (Å²) in [7, 11) is 0. The Hall–Kier alpha value is -0.860. The van der Waals surface area contributed by atoms with Crippen LogP contribution in [0.2, 0.25) is 0 Å². The minimum Gasteiger partial charge on any atom is -0.372 e. The molecule has 1 aliphatic carbocycles. The van der Waals surface area contributed by atoms with Gasteiger partial charge in [0.25, 0.3) is 0 Å². The van der Waals surface area contributed by atoms with Crippen molar-refractivity contribution in [2.45, 2.75) is 69.5 Å². The highest BCUT2D eigenvalue weighted by molar-refractivity contribution is 5.15. The van der Waals surface area contributed by atoms with Crippen molar-refractivity contribution < 1.29 is 4.74 Å². The molecule has 2 N–H and O–H groups in total. The Labute approximate surface area is 129 Å². The fourth-order valence-electron chi connectivity index (χ4n) is 4.21. The number of ether oxygens (including phenoxy) is 1. The number of nitrogens with two attached hydrogens (primary N) is 1. The molecule has 1 heterocycles. The molecule has 0 amide bonds. The van der Waals surface area contributed by atoms with E-state index in [9.17, 15) is 0 Å². The Bertz CT molecular complexity index is 424. The van der Waals surface area contributed by atoms with Crippen LogP contribution in [0.3, 0.4) is 0 Å². The van der Waals surface area contributed by atoms with Crippen molar-refractivity contribution in [3.8, 4) is 0 Å². The Kier molecular flexibility index (Phi) is 4.97. The summed E-state index contributed by atoms with van der Waals surface area (Å²) in [6.07, 6.45) is 11.9. The second-order valence-electron chi connectivity index (χ2n) is 7.05. The van der Waals surface area contributed by atoms with E-state index in [0.29, 0.717) is 12.0 Å². The number of hydrogen-bond acceptors (Lipinski definition) is 2. The van der Waals surface area contributed by atoms with Crippen LogP contribution in [0, 0.1) is 5.92 Å². The Balaban J connectivity index is 1.53. The SMILES string of the molecule is NCC(Cc1ccccc1)CC1CCC2(CCCCC2)O1. The van der Waals surface area contributed by atoms with Gasteiger partial charge in [-0.3, -0.25) is 0 Å². The van der Waals surface area contributed by atoms with Gasteiger partial charge in [0.15, 0.2) is 0 Å². The molecular formula is C19H29NO. The lowest BCUT2D eigenvalue weighted by Gasteiger charge is -2.33. The predicted octanol–water partition coefficient (Wildman–Crippen LogP) is 4.08. The molecule has 2 aliphatic rings. The zero-order valence-electron chi connectivity index (χ0n) is 13.1. The summed E-state index contributed by atoms with van der Waals surface area (Å²) in [6.45, 7) is 0.766. The zero-order chi connectivity index (χ0) is 14.5. The van der Waals surface area contributed by atoms with Crippen LogP contribution in [0.4, 0.5) is 0 Å². The number of benzene rings is 1. The predicted molar refractivity (Wildman–Crippen MR) is 87.2 cm³/mol. The van der Waals surface area contributed by atoms with Gasteiger partial charge in [0, 0.05) is 0 Å². The first-order valence-corrected chi connectivity index (χ1v) is 8.71. The van der Waals surface area contributed by atoms with Gasteiger partial charge in [0.1, 0.15) is 0 Å². The van der Waals surface area contributed by atoms with Crippen LogP contribution < -0.4 is 5.73 Å². The maximum Gasteiger partial charge on any atom is 0.0687 e. The van der Waals surface area contributed by atoms with Crippen LogP contribution in [-0.4, -0.2) is 18.2 Å². The number of rotatable bonds is 5. The van der Waals surface area contributed by atoms with E-state index in [0.717, 1.165) is 19.4 Å². The van der Waals surface area contributed by atoms with E-state index in [1.165, 1.54) is 50.5 Å². The minimum absolute atomic E-state index is 0.245. The van der Waals surface area contributed by atoms with E-state index >= 15 is 0 Å². The molecule has 0 radical (unpaired) electrons. The quantitative estimate of drug-likeness (QED) is 0.885. The molecule has 2 nitrogen and oxygen atoms in total. The van der Waals surface area contributed by atoms with E-state index in [-0.39, 0.29) is 5.60 Å². The summed E-state index contributed by atoms with van der Waals surface area (Å²) >= 11 is 0. The third-order valence-electron chi connectivity index (χ3n) is 5.40. The van der Waals surface area contributed by atoms with E-state index in [4.69, 9.17) is 10.5 Å². The summed E-state index contributed by atoms with van der Waals surface area (Å²) in [5.74, 6) is 0.552. The smallest absolute Gasteiger partial charge is 0.0687 e. The van der Waals surface area contributed by atoms with Gasteiger partial charge in [-0.1, -0.05) is 49.6 Å². The number of hydrogen-bond donors (Lipinski definition) is 1. The fraction of sp³-hybridized carbons (Fsp3) is 0.684. The van der Waals surface area contributed by atoms with Gasteiger partial charge >= 0.3 is 0 Å². The summed E-state index contributed by atoms with van der Waals surface area (Å²) in [5, 5.41) is 0. The van der Waals surface area contributed by atoms with E-state index in [2.05, 4.69) is 30.3 Å². The molecule has 2 atom stereocenters. The lowest BCUT2D eigenvalue weighted by molar-refractivity contribution is -0.0695. The van der Waals surface area contributed by atoms with E-state index in [1.54, 1.807) is 0 Å². The average molecular weight is 287 g/mol. The van der Waals surface area contributed by atoms with Crippen molar-refractivity contribution in [2.75, 3.05) is 6.54 Å². The summed E-state index contributed by atoms with van der Waals surface area (Å²) in [5.41, 5.74) is 7.66. The molecular weight excluding hydrogens is 258 g/mol. The van der Waals surface area contributed by atoms with Gasteiger partial charge in [-0.25, -0.2) is 0 Å². The molecule has 1 aromatic rings. The molecule has 2 unspecified atom stereocenters. The molecule has 1 saturated heterocycles. The third-order valence-corrected chi connectivity index (χ3v) is 5.40. The molecule has 2 fully saturated rings. The maximum absolute atomic E-state index is 6.50. The van der Waals surface area contributed by atoms with Gasteiger partial charge in [-0.05, 0) is 56.6 Å². The highest BCUT2D eigenvalue weighted by Gasteiger charge is 2.41. The molecule has 0 aromatic heterocycles. The van der Waals surface area contributed by atoms with Crippen molar-refractivity contribution in [3.63, 3.8) is 0 Å². The lowest BCUT2D eigenvalue weighted by atomic mass is 9.83. The normalized spacial score (nSPS) is 26.0. The first-order valence-electron chi connectivity index (χ1n) is 8.71. The maximum atomic E-state index is 6.50. The Morgan fingerprint density at radius 3 is 2.57 bits per heavy atom. The van der Waals surface area contributed by atoms with Crippen LogP contribution in [0.1, 0.15) is 56.9 Å². The topological polar surface area (TPSA) is 35.2 Å². The standard InChI is InChI=1S/C19H29NO/c20-15-17(13-16-7-3-1-4-8-16)14-18-9-12-19(21-18)10-5-2-6-11-19/h1,3-4,7-8,17-18H,2,5-6,9-15,20H2.